The normalized spacial score (nSPS) is 21.0. The highest BCUT2D eigenvalue weighted by Gasteiger charge is 2.56. The summed E-state index contributed by atoms with van der Waals surface area (Å²) >= 11 is 0. The average Bonchev–Trinajstić information content (AvgIpc) is 2.35. The molecular weight excluding hydrogens is 284 g/mol. The van der Waals surface area contributed by atoms with Gasteiger partial charge in [0.1, 0.15) is 5.60 Å². The molecule has 0 spiro atoms. The van der Waals surface area contributed by atoms with E-state index in [0.717, 1.165) is 0 Å². The van der Waals surface area contributed by atoms with Crippen molar-refractivity contribution < 1.29 is 28.2 Å². The SMILES string of the molecule is CC(C)(C)OC(=O)N1c2ccccc2C(=O)C(F)(F)C1O. The summed E-state index contributed by atoms with van der Waals surface area (Å²) in [5.41, 5.74) is -1.36. The zero-order valence-electron chi connectivity index (χ0n) is 11.8. The maximum Gasteiger partial charge on any atom is 0.417 e. The van der Waals surface area contributed by atoms with Crippen LogP contribution < -0.4 is 4.90 Å². The molecule has 1 aromatic rings. The number of para-hydroxylation sites is 1. The predicted molar refractivity (Wildman–Crippen MR) is 70.4 cm³/mol. The number of alkyl halides is 2. The van der Waals surface area contributed by atoms with Gasteiger partial charge in [-0.15, -0.1) is 0 Å². The molecule has 1 aromatic carbocycles. The first-order valence-electron chi connectivity index (χ1n) is 6.27. The van der Waals surface area contributed by atoms with Crippen molar-refractivity contribution >= 4 is 17.6 Å². The van der Waals surface area contributed by atoms with Crippen molar-refractivity contribution in [2.75, 3.05) is 4.90 Å². The smallest absolute Gasteiger partial charge is 0.417 e. The largest absolute Gasteiger partial charge is 0.443 e. The Hall–Kier alpha value is -2.02. The van der Waals surface area contributed by atoms with Crippen LogP contribution in [0.3, 0.4) is 0 Å². The second kappa shape index (κ2) is 4.77. The Morgan fingerprint density at radius 2 is 1.90 bits per heavy atom. The minimum Gasteiger partial charge on any atom is -0.443 e. The fourth-order valence-electron chi connectivity index (χ4n) is 1.98. The lowest BCUT2D eigenvalue weighted by molar-refractivity contribution is -0.0814. The minimum absolute atomic E-state index is 0.102. The number of Topliss-reactive ketones (excluding diaryl/α,β-unsaturated/α-hetero) is 1. The van der Waals surface area contributed by atoms with Crippen LogP contribution in [0.1, 0.15) is 31.1 Å². The highest BCUT2D eigenvalue weighted by molar-refractivity contribution is 6.11. The Morgan fingerprint density at radius 3 is 2.48 bits per heavy atom. The van der Waals surface area contributed by atoms with Gasteiger partial charge in [-0.1, -0.05) is 12.1 Å². The zero-order chi connectivity index (χ0) is 16.0. The lowest BCUT2D eigenvalue weighted by atomic mass is 9.96. The third kappa shape index (κ3) is 2.61. The highest BCUT2D eigenvalue weighted by atomic mass is 19.3. The first-order valence-corrected chi connectivity index (χ1v) is 6.27. The van der Waals surface area contributed by atoms with Gasteiger partial charge in [-0.25, -0.2) is 9.69 Å². The van der Waals surface area contributed by atoms with E-state index in [4.69, 9.17) is 4.74 Å². The number of benzene rings is 1. The Morgan fingerprint density at radius 1 is 1.33 bits per heavy atom. The van der Waals surface area contributed by atoms with Crippen LogP contribution in [0.5, 0.6) is 0 Å². The number of carbonyl (C=O) groups is 2. The Labute approximate surface area is 120 Å². The van der Waals surface area contributed by atoms with E-state index in [0.29, 0.717) is 4.90 Å². The number of ketones is 1. The molecule has 0 radical (unpaired) electrons. The first kappa shape index (κ1) is 15.4. The van der Waals surface area contributed by atoms with Crippen LogP contribution in [0.15, 0.2) is 24.3 Å². The number of anilines is 1. The van der Waals surface area contributed by atoms with Gasteiger partial charge in [-0.3, -0.25) is 4.79 Å². The predicted octanol–water partition coefficient (Wildman–Crippen LogP) is 2.58. The number of hydrogen-bond acceptors (Lipinski definition) is 4. The Balaban J connectivity index is 2.52. The third-order valence-corrected chi connectivity index (χ3v) is 2.87. The monoisotopic (exact) mass is 299 g/mol. The van der Waals surface area contributed by atoms with Crippen LogP contribution in [0.2, 0.25) is 0 Å². The van der Waals surface area contributed by atoms with Gasteiger partial charge in [-0.2, -0.15) is 8.78 Å². The van der Waals surface area contributed by atoms with Gasteiger partial charge in [0.15, 0.2) is 0 Å². The van der Waals surface area contributed by atoms with Crippen LogP contribution in [0.25, 0.3) is 0 Å². The van der Waals surface area contributed by atoms with Crippen LogP contribution in [-0.4, -0.2) is 34.7 Å². The molecule has 1 heterocycles. The molecule has 1 atom stereocenters. The van der Waals surface area contributed by atoms with Crippen molar-refractivity contribution in [1.82, 2.24) is 0 Å². The van der Waals surface area contributed by atoms with E-state index < -0.39 is 29.6 Å². The van der Waals surface area contributed by atoms with E-state index in [1.807, 2.05) is 0 Å². The molecule has 2 rings (SSSR count). The quantitative estimate of drug-likeness (QED) is 0.799. The molecule has 0 fully saturated rings. The van der Waals surface area contributed by atoms with Gasteiger partial charge in [0, 0.05) is 5.56 Å². The van der Waals surface area contributed by atoms with Crippen molar-refractivity contribution in [2.45, 2.75) is 38.5 Å². The molecule has 0 bridgehead atoms. The van der Waals surface area contributed by atoms with Crippen molar-refractivity contribution in [1.29, 1.82) is 0 Å². The number of halogens is 2. The zero-order valence-corrected chi connectivity index (χ0v) is 11.8. The summed E-state index contributed by atoms with van der Waals surface area (Å²) < 4.78 is 32.7. The van der Waals surface area contributed by atoms with Crippen LogP contribution in [0.4, 0.5) is 19.3 Å². The number of aliphatic hydroxyl groups excluding tert-OH is 1. The van der Waals surface area contributed by atoms with Crippen molar-refractivity contribution in [2.24, 2.45) is 0 Å². The second-order valence-electron chi connectivity index (χ2n) is 5.69. The molecule has 0 aromatic heterocycles. The molecule has 1 aliphatic heterocycles. The van der Waals surface area contributed by atoms with Gasteiger partial charge in [0.2, 0.25) is 12.0 Å². The van der Waals surface area contributed by atoms with E-state index in [9.17, 15) is 23.5 Å². The molecule has 0 saturated carbocycles. The molecule has 114 valence electrons. The van der Waals surface area contributed by atoms with Gasteiger partial charge in [0.05, 0.1) is 5.69 Å². The van der Waals surface area contributed by atoms with Crippen LogP contribution in [0, 0.1) is 0 Å². The fourth-order valence-corrected chi connectivity index (χ4v) is 1.98. The number of ether oxygens (including phenoxy) is 1. The number of amides is 1. The molecule has 7 heteroatoms. The van der Waals surface area contributed by atoms with E-state index in [-0.39, 0.29) is 11.3 Å². The maximum absolute atomic E-state index is 13.9. The summed E-state index contributed by atoms with van der Waals surface area (Å²) in [4.78, 5) is 24.2. The number of hydrogen-bond donors (Lipinski definition) is 1. The minimum atomic E-state index is -4.09. The van der Waals surface area contributed by atoms with E-state index in [1.54, 1.807) is 20.8 Å². The molecule has 5 nitrogen and oxygen atoms in total. The number of carbonyl (C=O) groups excluding carboxylic acids is 2. The summed E-state index contributed by atoms with van der Waals surface area (Å²) in [7, 11) is 0. The lowest BCUT2D eigenvalue weighted by Crippen LogP contribution is -2.59. The van der Waals surface area contributed by atoms with E-state index in [1.165, 1.54) is 24.3 Å². The Bertz CT molecular complexity index is 595. The van der Waals surface area contributed by atoms with E-state index >= 15 is 0 Å². The number of fused-ring (bicyclic) bond motifs is 1. The van der Waals surface area contributed by atoms with Gasteiger partial charge in [-0.05, 0) is 32.9 Å². The van der Waals surface area contributed by atoms with Gasteiger partial charge < -0.3 is 9.84 Å². The summed E-state index contributed by atoms with van der Waals surface area (Å²) in [6.45, 7) is 4.70. The molecule has 1 N–H and O–H groups in total. The molecule has 0 saturated heterocycles. The van der Waals surface area contributed by atoms with Gasteiger partial charge >= 0.3 is 12.0 Å². The number of aliphatic hydroxyl groups is 1. The summed E-state index contributed by atoms with van der Waals surface area (Å²) in [6, 6.07) is 5.35. The third-order valence-electron chi connectivity index (χ3n) is 2.87. The number of nitrogens with zero attached hydrogens (tertiary/aromatic N) is 1. The van der Waals surface area contributed by atoms with E-state index in [2.05, 4.69) is 0 Å². The van der Waals surface area contributed by atoms with Crippen molar-refractivity contribution in [3.05, 3.63) is 29.8 Å². The van der Waals surface area contributed by atoms with Gasteiger partial charge in [0.25, 0.3) is 0 Å². The second-order valence-corrected chi connectivity index (χ2v) is 5.69. The average molecular weight is 299 g/mol. The Kier molecular flexibility index (Phi) is 3.49. The number of rotatable bonds is 0. The summed E-state index contributed by atoms with van der Waals surface area (Å²) in [6.07, 6.45) is -3.75. The molecule has 0 aliphatic carbocycles. The van der Waals surface area contributed by atoms with Crippen molar-refractivity contribution in [3.8, 4) is 0 Å². The summed E-state index contributed by atoms with van der Waals surface area (Å²) in [5.74, 6) is -5.61. The topological polar surface area (TPSA) is 66.8 Å². The molecule has 1 unspecified atom stereocenters. The lowest BCUT2D eigenvalue weighted by Gasteiger charge is -2.38. The van der Waals surface area contributed by atoms with Crippen LogP contribution in [-0.2, 0) is 4.74 Å². The molecule has 1 aliphatic rings. The molecule has 21 heavy (non-hydrogen) atoms. The summed E-state index contributed by atoms with van der Waals surface area (Å²) in [5, 5.41) is 9.74. The maximum atomic E-state index is 13.9. The molecular formula is C14H15F2NO4. The fraction of sp³-hybridized carbons (Fsp3) is 0.429. The van der Waals surface area contributed by atoms with Crippen molar-refractivity contribution in [3.63, 3.8) is 0 Å². The molecule has 1 amide bonds. The highest BCUT2D eigenvalue weighted by Crippen LogP contribution is 2.39. The first-order chi connectivity index (χ1) is 9.55. The standard InChI is InChI=1S/C14H15F2NO4/c1-13(2,3)21-12(20)17-9-7-5-4-6-8(9)10(18)14(15,16)11(17)19/h4-7,11,19H,1-3H3. The van der Waals surface area contributed by atoms with Crippen LogP contribution >= 0.6 is 0 Å².